The Kier molecular flexibility index (Phi) is 6.62. The lowest BCUT2D eigenvalue weighted by Gasteiger charge is -2.25. The molecule has 0 fully saturated rings. The maximum Gasteiger partial charge on any atom is 0.422 e. The first kappa shape index (κ1) is 21.8. The van der Waals surface area contributed by atoms with Crippen molar-refractivity contribution >= 4 is 28.0 Å². The van der Waals surface area contributed by atoms with E-state index >= 15 is 0 Å². The van der Waals surface area contributed by atoms with Crippen LogP contribution < -0.4 is 4.74 Å². The molecule has 31 heavy (non-hydrogen) atoms. The maximum absolute atomic E-state index is 12.4. The highest BCUT2D eigenvalue weighted by atomic mass is 32.1. The summed E-state index contributed by atoms with van der Waals surface area (Å²) in [7, 11) is 0. The van der Waals surface area contributed by atoms with Gasteiger partial charge in [-0.2, -0.15) is 13.2 Å². The molecule has 1 aliphatic rings. The van der Waals surface area contributed by atoms with E-state index in [1.165, 1.54) is 11.3 Å². The quantitative estimate of drug-likeness (QED) is 0.351. The van der Waals surface area contributed by atoms with Gasteiger partial charge >= 0.3 is 6.18 Å². The molecule has 0 amide bonds. The van der Waals surface area contributed by atoms with E-state index in [0.29, 0.717) is 18.7 Å². The molecule has 1 aromatic carbocycles. The predicted molar refractivity (Wildman–Crippen MR) is 114 cm³/mol. The highest BCUT2D eigenvalue weighted by molar-refractivity contribution is 7.13. The van der Waals surface area contributed by atoms with Gasteiger partial charge in [0.2, 0.25) is 0 Å². The zero-order chi connectivity index (χ0) is 21.8. The zero-order valence-corrected chi connectivity index (χ0v) is 17.8. The van der Waals surface area contributed by atoms with Crippen molar-refractivity contribution < 1.29 is 22.7 Å². The molecule has 0 saturated heterocycles. The Morgan fingerprint density at radius 3 is 2.87 bits per heavy atom. The van der Waals surface area contributed by atoms with Crippen LogP contribution in [0.2, 0.25) is 0 Å². The lowest BCUT2D eigenvalue weighted by molar-refractivity contribution is -0.153. The van der Waals surface area contributed by atoms with E-state index in [4.69, 9.17) is 4.74 Å². The van der Waals surface area contributed by atoms with Crippen LogP contribution in [0.5, 0.6) is 5.19 Å². The smallest absolute Gasteiger partial charge is 0.422 e. The van der Waals surface area contributed by atoms with Crippen molar-refractivity contribution in [2.45, 2.75) is 44.8 Å². The zero-order valence-electron chi connectivity index (χ0n) is 17.0. The van der Waals surface area contributed by atoms with E-state index in [1.807, 2.05) is 30.3 Å². The fourth-order valence-electron chi connectivity index (χ4n) is 3.78. The minimum absolute atomic E-state index is 0.0969. The van der Waals surface area contributed by atoms with Crippen LogP contribution in [0.4, 0.5) is 13.2 Å². The predicted octanol–water partition coefficient (Wildman–Crippen LogP) is 5.37. The Morgan fingerprint density at radius 2 is 2.06 bits per heavy atom. The second-order valence-corrected chi connectivity index (χ2v) is 8.83. The van der Waals surface area contributed by atoms with E-state index in [-0.39, 0.29) is 11.0 Å². The molecule has 0 aliphatic carbocycles. The third-order valence-electron chi connectivity index (χ3n) is 5.35. The topological polar surface area (TPSA) is 58.2 Å². The van der Waals surface area contributed by atoms with Gasteiger partial charge in [0.05, 0.1) is 11.4 Å². The first-order valence-corrected chi connectivity index (χ1v) is 11.2. The van der Waals surface area contributed by atoms with Gasteiger partial charge in [-0.1, -0.05) is 36.0 Å². The average Bonchev–Trinajstić information content (AvgIpc) is 3.34. The highest BCUT2D eigenvalue weighted by Gasteiger charge is 2.30. The second kappa shape index (κ2) is 9.40. The van der Waals surface area contributed by atoms with Crippen LogP contribution in [-0.4, -0.2) is 46.5 Å². The van der Waals surface area contributed by atoms with E-state index < -0.39 is 12.8 Å². The SMILES string of the molecule is O=C(CCCCCN1CCc2sc(OCC(F)(F)F)nc2C1)c1cc2ccccc2[nH]1. The van der Waals surface area contributed by atoms with Gasteiger partial charge in [0.25, 0.3) is 5.19 Å². The van der Waals surface area contributed by atoms with Crippen molar-refractivity contribution in [3.63, 3.8) is 0 Å². The highest BCUT2D eigenvalue weighted by Crippen LogP contribution is 2.31. The molecule has 9 heteroatoms. The van der Waals surface area contributed by atoms with E-state index in [9.17, 15) is 18.0 Å². The van der Waals surface area contributed by atoms with Gasteiger partial charge in [0.15, 0.2) is 12.4 Å². The molecule has 166 valence electrons. The largest absolute Gasteiger partial charge is 0.460 e. The monoisotopic (exact) mass is 451 g/mol. The summed E-state index contributed by atoms with van der Waals surface area (Å²) in [5.41, 5.74) is 2.46. The van der Waals surface area contributed by atoms with E-state index in [1.54, 1.807) is 0 Å². The second-order valence-electron chi connectivity index (χ2n) is 7.78. The number of H-pyrrole nitrogens is 1. The van der Waals surface area contributed by atoms with Gasteiger partial charge in [0, 0.05) is 35.3 Å². The van der Waals surface area contributed by atoms with Crippen LogP contribution in [0.1, 0.15) is 46.7 Å². The van der Waals surface area contributed by atoms with Gasteiger partial charge in [-0.05, 0) is 37.9 Å². The first-order valence-electron chi connectivity index (χ1n) is 10.4. The van der Waals surface area contributed by atoms with Gasteiger partial charge in [0.1, 0.15) is 0 Å². The molecular weight excluding hydrogens is 427 g/mol. The Bertz CT molecular complexity index is 1010. The molecule has 0 unspecified atom stereocenters. The Morgan fingerprint density at radius 1 is 1.23 bits per heavy atom. The number of ketones is 1. The summed E-state index contributed by atoms with van der Waals surface area (Å²) in [6.07, 6.45) is -0.305. The normalized spacial score (nSPS) is 14.7. The minimum atomic E-state index is -4.35. The molecule has 0 radical (unpaired) electrons. The van der Waals surface area contributed by atoms with Crippen molar-refractivity contribution in [2.24, 2.45) is 0 Å². The number of rotatable bonds is 9. The number of alkyl halides is 3. The van der Waals surface area contributed by atoms with E-state index in [0.717, 1.165) is 60.2 Å². The van der Waals surface area contributed by atoms with Gasteiger partial charge in [-0.3, -0.25) is 9.69 Å². The number of carbonyl (C=O) groups is 1. The van der Waals surface area contributed by atoms with Crippen molar-refractivity contribution in [1.29, 1.82) is 0 Å². The number of aromatic nitrogens is 2. The molecular formula is C22H24F3N3O2S. The lowest BCUT2D eigenvalue weighted by atomic mass is 10.1. The Labute approximate surface area is 182 Å². The number of Topliss-reactive ketones (excluding diaryl/α,β-unsaturated/α-hetero) is 1. The Balaban J connectivity index is 1.17. The third kappa shape index (κ3) is 5.86. The number of nitrogens with zero attached hydrogens (tertiary/aromatic N) is 2. The lowest BCUT2D eigenvalue weighted by Crippen LogP contribution is -2.31. The summed E-state index contributed by atoms with van der Waals surface area (Å²) in [5, 5.41) is 1.14. The Hall–Kier alpha value is -2.39. The number of hydrogen-bond donors (Lipinski definition) is 1. The van der Waals surface area contributed by atoms with Crippen LogP contribution >= 0.6 is 11.3 Å². The number of para-hydroxylation sites is 1. The molecule has 1 aliphatic heterocycles. The van der Waals surface area contributed by atoms with Gasteiger partial charge in [-0.25, -0.2) is 4.98 Å². The summed E-state index contributed by atoms with van der Waals surface area (Å²) >= 11 is 1.21. The van der Waals surface area contributed by atoms with Crippen LogP contribution in [0.3, 0.4) is 0 Å². The number of ether oxygens (including phenoxy) is 1. The molecule has 0 bridgehead atoms. The number of unbranched alkanes of at least 4 members (excludes halogenated alkanes) is 2. The van der Waals surface area contributed by atoms with Crippen molar-refractivity contribution in [3.05, 3.63) is 46.6 Å². The summed E-state index contributed by atoms with van der Waals surface area (Å²) in [4.78, 5) is 23.1. The molecule has 2 aromatic heterocycles. The number of fused-ring (bicyclic) bond motifs is 2. The fraction of sp³-hybridized carbons (Fsp3) is 0.455. The molecule has 0 atom stereocenters. The van der Waals surface area contributed by atoms with Crippen LogP contribution in [0.25, 0.3) is 10.9 Å². The minimum Gasteiger partial charge on any atom is -0.460 e. The first-order chi connectivity index (χ1) is 14.9. The molecule has 4 rings (SSSR count). The molecule has 0 saturated carbocycles. The third-order valence-corrected chi connectivity index (χ3v) is 6.42. The number of nitrogens with one attached hydrogen (secondary N) is 1. The summed E-state index contributed by atoms with van der Waals surface area (Å²) in [6.45, 7) is 1.08. The van der Waals surface area contributed by atoms with Crippen molar-refractivity contribution in [1.82, 2.24) is 14.9 Å². The summed E-state index contributed by atoms with van der Waals surface area (Å²) in [5.74, 6) is 0.132. The number of hydrogen-bond acceptors (Lipinski definition) is 5. The number of benzene rings is 1. The van der Waals surface area contributed by atoms with Gasteiger partial charge in [-0.15, -0.1) is 0 Å². The molecule has 3 heterocycles. The molecule has 0 spiro atoms. The fourth-order valence-corrected chi connectivity index (χ4v) is 4.69. The number of aromatic amines is 1. The maximum atomic E-state index is 12.4. The number of thiazole rings is 1. The molecule has 5 nitrogen and oxygen atoms in total. The van der Waals surface area contributed by atoms with Crippen molar-refractivity contribution in [3.8, 4) is 5.19 Å². The van der Waals surface area contributed by atoms with E-state index in [2.05, 4.69) is 14.9 Å². The molecule has 3 aromatic rings. The summed E-state index contributed by atoms with van der Waals surface area (Å²) in [6, 6.07) is 9.75. The number of halogens is 3. The van der Waals surface area contributed by atoms with Crippen LogP contribution in [0, 0.1) is 0 Å². The van der Waals surface area contributed by atoms with Crippen LogP contribution in [0.15, 0.2) is 30.3 Å². The summed E-state index contributed by atoms with van der Waals surface area (Å²) < 4.78 is 41.7. The van der Waals surface area contributed by atoms with Crippen LogP contribution in [-0.2, 0) is 13.0 Å². The average molecular weight is 452 g/mol. The molecule has 1 N–H and O–H groups in total. The van der Waals surface area contributed by atoms with Crippen molar-refractivity contribution in [2.75, 3.05) is 19.7 Å². The standard InChI is InChI=1S/C22H24F3N3O2S/c23-22(24,25)14-30-21-27-18-13-28(11-9-20(18)31-21)10-5-1-2-8-19(29)17-12-15-6-3-4-7-16(15)26-17/h3-4,6-7,12,26H,1-2,5,8-11,13-14H2. The van der Waals surface area contributed by atoms with Gasteiger partial charge < -0.3 is 9.72 Å². The number of carbonyl (C=O) groups excluding carboxylic acids is 1.